The number of anilines is 1. The van der Waals surface area contributed by atoms with E-state index in [1.54, 1.807) is 14.2 Å². The smallest absolute Gasteiger partial charge is 0.250 e. The van der Waals surface area contributed by atoms with Gasteiger partial charge in [-0.15, -0.1) is 0 Å². The Balaban J connectivity index is 1.73. The number of carbonyl (C=O) groups excluding carboxylic acids is 1. The Hall–Kier alpha value is -5.51. The van der Waals surface area contributed by atoms with E-state index in [1.807, 2.05) is 123 Å². The zero-order chi connectivity index (χ0) is 33.3. The van der Waals surface area contributed by atoms with Gasteiger partial charge in [0, 0.05) is 27.8 Å². The summed E-state index contributed by atoms with van der Waals surface area (Å²) in [6, 6.07) is 32.7. The van der Waals surface area contributed by atoms with Gasteiger partial charge >= 0.3 is 0 Å². The van der Waals surface area contributed by atoms with Crippen LogP contribution in [-0.2, 0) is 15.9 Å². The number of nitrogens with two attached hydrogens (primary N) is 3. The molecule has 0 aliphatic heterocycles. The number of nitrogens with one attached hydrogen (secondary N) is 1. The van der Waals surface area contributed by atoms with Crippen molar-refractivity contribution >= 4 is 33.4 Å². The standard InChI is InChI=1S/C38H38N6O3/c1-23-21-29(27-17-11-19-31(46-3)33(27)42-23)35(39)37(41,25-13-7-5-8-14-25)38(36(40)45,26-15-9-6-10-16-26)44-30-22-24(2)43-34-28(30)18-12-20-32(34)47-4/h5-22,35H,39,41H2,1-4H3,(H2,40,45)(H,43,44). The summed E-state index contributed by atoms with van der Waals surface area (Å²) in [4.78, 5) is 24.1. The molecule has 2 heterocycles. The molecule has 6 rings (SSSR count). The lowest BCUT2D eigenvalue weighted by Crippen LogP contribution is -2.69. The number of hydrogen-bond acceptors (Lipinski definition) is 8. The number of methoxy groups -OCH3 is 2. The van der Waals surface area contributed by atoms with Crippen LogP contribution in [0.2, 0.25) is 0 Å². The second-order valence-corrected chi connectivity index (χ2v) is 11.7. The Labute approximate surface area is 273 Å². The number of aromatic nitrogens is 2. The zero-order valence-corrected chi connectivity index (χ0v) is 26.8. The molecule has 7 N–H and O–H groups in total. The third-order valence-corrected chi connectivity index (χ3v) is 8.93. The molecule has 0 saturated heterocycles. The van der Waals surface area contributed by atoms with Crippen LogP contribution in [0.15, 0.2) is 109 Å². The van der Waals surface area contributed by atoms with Gasteiger partial charge in [-0.25, -0.2) is 9.97 Å². The first-order valence-electron chi connectivity index (χ1n) is 15.3. The molecule has 4 aromatic carbocycles. The minimum absolute atomic E-state index is 0.535. The highest BCUT2D eigenvalue weighted by Gasteiger charge is 2.59. The van der Waals surface area contributed by atoms with Crippen molar-refractivity contribution in [2.24, 2.45) is 17.2 Å². The monoisotopic (exact) mass is 626 g/mol. The van der Waals surface area contributed by atoms with E-state index in [-0.39, 0.29) is 0 Å². The van der Waals surface area contributed by atoms with E-state index >= 15 is 0 Å². The van der Waals surface area contributed by atoms with Crippen molar-refractivity contribution in [3.05, 3.63) is 137 Å². The predicted octanol–water partition coefficient (Wildman–Crippen LogP) is 5.76. The van der Waals surface area contributed by atoms with Crippen LogP contribution < -0.4 is 32.0 Å². The summed E-state index contributed by atoms with van der Waals surface area (Å²) >= 11 is 0. The average molecular weight is 627 g/mol. The van der Waals surface area contributed by atoms with Gasteiger partial charge in [0.15, 0.2) is 5.54 Å². The lowest BCUT2D eigenvalue weighted by Gasteiger charge is -2.51. The SMILES string of the molecule is COc1cccc2c(NC(C(N)=O)(c3ccccc3)C(N)(c3ccccc3)C(N)c3cc(C)nc4c(OC)cccc34)cc(C)nc12. The van der Waals surface area contributed by atoms with Crippen molar-refractivity contribution in [3.8, 4) is 11.5 Å². The molecule has 0 aliphatic carbocycles. The second-order valence-electron chi connectivity index (χ2n) is 11.7. The lowest BCUT2D eigenvalue weighted by molar-refractivity contribution is -0.125. The van der Waals surface area contributed by atoms with Gasteiger partial charge in [-0.3, -0.25) is 4.79 Å². The molecule has 0 fully saturated rings. The maximum Gasteiger partial charge on any atom is 0.250 e. The number of nitrogens with zero attached hydrogens (tertiary/aromatic N) is 2. The molecule has 3 unspecified atom stereocenters. The van der Waals surface area contributed by atoms with Gasteiger partial charge in [0.25, 0.3) is 0 Å². The van der Waals surface area contributed by atoms with Gasteiger partial charge in [0.2, 0.25) is 5.91 Å². The van der Waals surface area contributed by atoms with Crippen LogP contribution in [0.1, 0.15) is 34.1 Å². The first-order chi connectivity index (χ1) is 22.6. The highest BCUT2D eigenvalue weighted by Crippen LogP contribution is 2.50. The van der Waals surface area contributed by atoms with E-state index in [4.69, 9.17) is 36.6 Å². The molecule has 238 valence electrons. The highest BCUT2D eigenvalue weighted by molar-refractivity contribution is 5.99. The first-order valence-corrected chi connectivity index (χ1v) is 15.3. The quantitative estimate of drug-likeness (QED) is 0.150. The maximum absolute atomic E-state index is 14.5. The Morgan fingerprint density at radius 2 is 1.23 bits per heavy atom. The van der Waals surface area contributed by atoms with E-state index in [9.17, 15) is 4.79 Å². The lowest BCUT2D eigenvalue weighted by atomic mass is 9.62. The molecule has 0 aliphatic rings. The average Bonchev–Trinajstić information content (AvgIpc) is 3.09. The predicted molar refractivity (Wildman–Crippen MR) is 186 cm³/mol. The normalized spacial score (nSPS) is 14.6. The topological polar surface area (TPSA) is 151 Å². The van der Waals surface area contributed by atoms with Crippen LogP contribution in [0.5, 0.6) is 11.5 Å². The molecule has 9 heteroatoms. The molecular weight excluding hydrogens is 588 g/mol. The van der Waals surface area contributed by atoms with Crippen molar-refractivity contribution in [1.29, 1.82) is 0 Å². The zero-order valence-electron chi connectivity index (χ0n) is 26.8. The van der Waals surface area contributed by atoms with E-state index < -0.39 is 23.0 Å². The Kier molecular flexibility index (Phi) is 8.27. The van der Waals surface area contributed by atoms with Crippen molar-refractivity contribution in [3.63, 3.8) is 0 Å². The summed E-state index contributed by atoms with van der Waals surface area (Å²) in [7, 11) is 3.20. The molecule has 47 heavy (non-hydrogen) atoms. The van der Waals surface area contributed by atoms with Crippen LogP contribution in [-0.4, -0.2) is 30.1 Å². The third kappa shape index (κ3) is 5.10. The third-order valence-electron chi connectivity index (χ3n) is 8.93. The number of carbonyl (C=O) groups is 1. The molecule has 0 saturated carbocycles. The minimum atomic E-state index is -1.82. The summed E-state index contributed by atoms with van der Waals surface area (Å²) in [5, 5.41) is 5.07. The molecule has 0 spiro atoms. The number of fused-ring (bicyclic) bond motifs is 2. The number of aryl methyl sites for hydroxylation is 2. The van der Waals surface area contributed by atoms with Gasteiger partial charge in [-0.05, 0) is 54.8 Å². The summed E-state index contributed by atoms with van der Waals surface area (Å²) in [6.45, 7) is 3.77. The van der Waals surface area contributed by atoms with Crippen molar-refractivity contribution in [2.45, 2.75) is 31.0 Å². The van der Waals surface area contributed by atoms with Gasteiger partial charge < -0.3 is 32.0 Å². The van der Waals surface area contributed by atoms with Crippen LogP contribution in [0.3, 0.4) is 0 Å². The number of primary amides is 1. The minimum Gasteiger partial charge on any atom is -0.494 e. The van der Waals surface area contributed by atoms with Crippen LogP contribution in [0.4, 0.5) is 5.69 Å². The first kappa shape index (κ1) is 31.5. The summed E-state index contributed by atoms with van der Waals surface area (Å²) in [5.74, 6) is 0.464. The van der Waals surface area contributed by atoms with Crippen molar-refractivity contribution < 1.29 is 14.3 Å². The molecule has 6 aromatic rings. The molecule has 0 bridgehead atoms. The Bertz CT molecular complexity index is 2090. The van der Waals surface area contributed by atoms with Crippen molar-refractivity contribution in [1.82, 2.24) is 9.97 Å². The number of pyridine rings is 2. The largest absolute Gasteiger partial charge is 0.494 e. The second kappa shape index (κ2) is 12.4. The van der Waals surface area contributed by atoms with Gasteiger partial charge in [0.1, 0.15) is 22.5 Å². The van der Waals surface area contributed by atoms with E-state index in [1.165, 1.54) is 0 Å². The number of rotatable bonds is 10. The molecule has 2 aromatic heterocycles. The van der Waals surface area contributed by atoms with E-state index in [0.717, 1.165) is 10.8 Å². The number of ether oxygens (including phenoxy) is 2. The number of amides is 1. The van der Waals surface area contributed by atoms with Gasteiger partial charge in [-0.2, -0.15) is 0 Å². The molecule has 9 nitrogen and oxygen atoms in total. The van der Waals surface area contributed by atoms with Gasteiger partial charge in [0.05, 0.1) is 25.8 Å². The summed E-state index contributed by atoms with van der Waals surface area (Å²) in [6.07, 6.45) is 0. The highest BCUT2D eigenvalue weighted by atomic mass is 16.5. The molecule has 1 amide bonds. The van der Waals surface area contributed by atoms with E-state index in [0.29, 0.717) is 56.3 Å². The number of para-hydroxylation sites is 2. The van der Waals surface area contributed by atoms with Crippen LogP contribution in [0, 0.1) is 13.8 Å². The molecule has 0 radical (unpaired) electrons. The summed E-state index contributed by atoms with van der Waals surface area (Å²) < 4.78 is 11.3. The Morgan fingerprint density at radius 3 is 1.79 bits per heavy atom. The number of benzene rings is 4. The number of hydrogen-bond donors (Lipinski definition) is 4. The van der Waals surface area contributed by atoms with Crippen LogP contribution in [0.25, 0.3) is 21.8 Å². The fourth-order valence-electron chi connectivity index (χ4n) is 6.72. The van der Waals surface area contributed by atoms with E-state index in [2.05, 4.69) is 5.32 Å². The van der Waals surface area contributed by atoms with Gasteiger partial charge in [-0.1, -0.05) is 84.9 Å². The fraction of sp³-hybridized carbons (Fsp3) is 0.184. The fourth-order valence-corrected chi connectivity index (χ4v) is 6.72. The maximum atomic E-state index is 14.5. The molecule has 3 atom stereocenters. The van der Waals surface area contributed by atoms with Crippen molar-refractivity contribution in [2.75, 3.05) is 19.5 Å². The summed E-state index contributed by atoms with van der Waals surface area (Å²) in [5.41, 5.74) is 23.4. The Morgan fingerprint density at radius 1 is 0.723 bits per heavy atom. The van der Waals surface area contributed by atoms with Crippen LogP contribution >= 0.6 is 0 Å². The molecular formula is C38H38N6O3.